The van der Waals surface area contributed by atoms with Gasteiger partial charge in [-0.05, 0) is 31.1 Å². The van der Waals surface area contributed by atoms with E-state index in [2.05, 4.69) is 74.5 Å². The summed E-state index contributed by atoms with van der Waals surface area (Å²) < 4.78 is 0. The van der Waals surface area contributed by atoms with Crippen molar-refractivity contribution in [2.24, 2.45) is 11.3 Å². The monoisotopic (exact) mass is 401 g/mol. The lowest BCUT2D eigenvalue weighted by Crippen LogP contribution is -2.00. The second-order valence-electron chi connectivity index (χ2n) is 7.46. The smallest absolute Gasteiger partial charge is 0.0105 e. The third-order valence-corrected chi connectivity index (χ3v) is 3.49. The molecule has 0 radical (unpaired) electrons. The maximum absolute atomic E-state index is 2.25. The average Bonchev–Trinajstić information content (AvgIpc) is 3.14. The van der Waals surface area contributed by atoms with Crippen LogP contribution in [0.15, 0.2) is 23.3 Å². The Morgan fingerprint density at radius 3 is 1.21 bits per heavy atom. The molecule has 0 unspecified atom stereocenters. The van der Waals surface area contributed by atoms with Crippen molar-refractivity contribution < 1.29 is 0 Å². The molecule has 0 atom stereocenters. The Kier molecular flexibility index (Phi) is 55.6. The van der Waals surface area contributed by atoms with E-state index in [1.54, 1.807) is 5.57 Å². The lowest BCUT2D eigenvalue weighted by molar-refractivity contribution is 0.398. The molecule has 0 nitrogen and oxygen atoms in total. The summed E-state index contributed by atoms with van der Waals surface area (Å²) in [5.41, 5.74) is 3.62. The molecular formula is C28H64. The first-order valence-electron chi connectivity index (χ1n) is 12.5. The van der Waals surface area contributed by atoms with E-state index in [0.29, 0.717) is 5.41 Å². The van der Waals surface area contributed by atoms with Gasteiger partial charge in [-0.15, -0.1) is 0 Å². The van der Waals surface area contributed by atoms with Gasteiger partial charge in [0.15, 0.2) is 0 Å². The van der Waals surface area contributed by atoms with E-state index in [1.165, 1.54) is 37.7 Å². The van der Waals surface area contributed by atoms with Crippen LogP contribution in [0.4, 0.5) is 0 Å². The predicted molar refractivity (Wildman–Crippen MR) is 142 cm³/mol. The number of hydrogen-bond donors (Lipinski definition) is 0. The van der Waals surface area contributed by atoms with Gasteiger partial charge in [0.1, 0.15) is 0 Å². The Hall–Kier alpha value is -0.520. The standard InChI is InChI=1S/C8H12.2C6H14.4C2H6/c1-3-8-5-4-7(2)6-8;1-5-6(2,3)4;1-4-5-6(2)3;4*1-2/h4-5H,3,6H2,1-2H3;5H2,1-4H3;6H,4-5H2,1-3H3;4*1-2H3. The van der Waals surface area contributed by atoms with Gasteiger partial charge in [-0.2, -0.15) is 0 Å². The summed E-state index contributed by atoms with van der Waals surface area (Å²) in [4.78, 5) is 0. The van der Waals surface area contributed by atoms with Gasteiger partial charge in [0.2, 0.25) is 0 Å². The lowest BCUT2D eigenvalue weighted by atomic mass is 9.94. The van der Waals surface area contributed by atoms with E-state index in [1.807, 2.05) is 55.4 Å². The highest BCUT2D eigenvalue weighted by atomic mass is 14.1. The average molecular weight is 401 g/mol. The molecule has 28 heavy (non-hydrogen) atoms. The van der Waals surface area contributed by atoms with E-state index in [9.17, 15) is 0 Å². The van der Waals surface area contributed by atoms with Gasteiger partial charge in [-0.1, -0.05) is 153 Å². The molecular weight excluding hydrogens is 336 g/mol. The maximum Gasteiger partial charge on any atom is -0.0105 e. The summed E-state index contributed by atoms with van der Waals surface area (Å²) >= 11 is 0. The topological polar surface area (TPSA) is 0 Å². The molecule has 0 heterocycles. The minimum atomic E-state index is 0.542. The number of allylic oxidation sites excluding steroid dienone is 4. The minimum Gasteiger partial charge on any atom is -0.0693 e. The van der Waals surface area contributed by atoms with E-state index in [-0.39, 0.29) is 0 Å². The van der Waals surface area contributed by atoms with Crippen molar-refractivity contribution in [3.05, 3.63) is 23.3 Å². The van der Waals surface area contributed by atoms with Crippen LogP contribution < -0.4 is 0 Å². The predicted octanol–water partition coefficient (Wildman–Crippen LogP) is 11.7. The Bertz CT molecular complexity index is 271. The van der Waals surface area contributed by atoms with E-state index < -0.39 is 0 Å². The quantitative estimate of drug-likeness (QED) is 0.441. The molecule has 0 saturated carbocycles. The fourth-order valence-electron chi connectivity index (χ4n) is 1.56. The molecule has 0 aromatic rings. The van der Waals surface area contributed by atoms with Crippen molar-refractivity contribution >= 4 is 0 Å². The molecule has 0 heteroatoms. The summed E-state index contributed by atoms with van der Waals surface area (Å²) in [6.45, 7) is 36.1. The molecule has 0 spiro atoms. The van der Waals surface area contributed by atoms with Gasteiger partial charge in [-0.3, -0.25) is 0 Å². The second kappa shape index (κ2) is 37.3. The highest BCUT2D eigenvalue weighted by Crippen LogP contribution is 2.19. The summed E-state index contributed by atoms with van der Waals surface area (Å²) in [5, 5.41) is 0. The third kappa shape index (κ3) is 56.2. The molecule has 1 aliphatic rings. The zero-order valence-corrected chi connectivity index (χ0v) is 23.8. The number of hydrogen-bond acceptors (Lipinski definition) is 0. The van der Waals surface area contributed by atoms with Crippen molar-refractivity contribution in [3.63, 3.8) is 0 Å². The first-order valence-corrected chi connectivity index (χ1v) is 12.5. The number of rotatable bonds is 3. The summed E-state index contributed by atoms with van der Waals surface area (Å²) in [5.74, 6) is 0.898. The van der Waals surface area contributed by atoms with Crippen LogP contribution in [-0.4, -0.2) is 0 Å². The van der Waals surface area contributed by atoms with Crippen molar-refractivity contribution in [3.8, 4) is 0 Å². The van der Waals surface area contributed by atoms with Crippen LogP contribution in [0.25, 0.3) is 0 Å². The summed E-state index contributed by atoms with van der Waals surface area (Å²) in [6, 6.07) is 0. The van der Waals surface area contributed by atoms with Crippen molar-refractivity contribution in [1.82, 2.24) is 0 Å². The molecule has 0 N–H and O–H groups in total. The fourth-order valence-corrected chi connectivity index (χ4v) is 1.56. The molecule has 0 saturated heterocycles. The van der Waals surface area contributed by atoms with Gasteiger partial charge < -0.3 is 0 Å². The fraction of sp³-hybridized carbons (Fsp3) is 0.857. The first-order chi connectivity index (χ1) is 13.2. The molecule has 0 aromatic carbocycles. The SMILES string of the molecule is CC.CC.CC.CC.CCC(C)(C)C.CCC1=CC=C(C)C1.CCCC(C)C. The molecule has 0 bridgehead atoms. The summed E-state index contributed by atoms with van der Waals surface area (Å²) in [7, 11) is 0. The van der Waals surface area contributed by atoms with Crippen molar-refractivity contribution in [1.29, 1.82) is 0 Å². The minimum absolute atomic E-state index is 0.542. The molecule has 1 rings (SSSR count). The molecule has 0 aliphatic heterocycles. The normalized spacial score (nSPS) is 10.8. The van der Waals surface area contributed by atoms with E-state index in [0.717, 1.165) is 5.92 Å². The van der Waals surface area contributed by atoms with Crippen molar-refractivity contribution in [2.45, 2.75) is 150 Å². The zero-order chi connectivity index (χ0) is 24.2. The van der Waals surface area contributed by atoms with Crippen LogP contribution in [-0.2, 0) is 0 Å². The van der Waals surface area contributed by atoms with Gasteiger partial charge >= 0.3 is 0 Å². The highest BCUT2D eigenvalue weighted by molar-refractivity contribution is 5.28. The van der Waals surface area contributed by atoms with Gasteiger partial charge in [0, 0.05) is 0 Å². The van der Waals surface area contributed by atoms with Crippen LogP contribution in [0.1, 0.15) is 150 Å². The lowest BCUT2D eigenvalue weighted by Gasteiger charge is -2.12. The van der Waals surface area contributed by atoms with E-state index in [4.69, 9.17) is 0 Å². The Morgan fingerprint density at radius 2 is 1.14 bits per heavy atom. The van der Waals surface area contributed by atoms with Crippen LogP contribution in [0.2, 0.25) is 0 Å². The van der Waals surface area contributed by atoms with Crippen LogP contribution in [0, 0.1) is 11.3 Å². The molecule has 0 aromatic heterocycles. The Morgan fingerprint density at radius 1 is 0.786 bits per heavy atom. The Balaban J connectivity index is -0.0000000555. The van der Waals surface area contributed by atoms with Crippen molar-refractivity contribution in [2.75, 3.05) is 0 Å². The molecule has 0 amide bonds. The van der Waals surface area contributed by atoms with Crippen LogP contribution in [0.5, 0.6) is 0 Å². The first kappa shape index (κ1) is 41.8. The Labute approximate surface area is 184 Å². The molecule has 1 aliphatic carbocycles. The maximum atomic E-state index is 2.25. The van der Waals surface area contributed by atoms with E-state index >= 15 is 0 Å². The molecule has 0 fully saturated rings. The zero-order valence-electron chi connectivity index (χ0n) is 23.8. The van der Waals surface area contributed by atoms with Crippen LogP contribution in [0.3, 0.4) is 0 Å². The van der Waals surface area contributed by atoms with Gasteiger partial charge in [0.25, 0.3) is 0 Å². The third-order valence-electron chi connectivity index (χ3n) is 3.49. The second-order valence-corrected chi connectivity index (χ2v) is 7.46. The van der Waals surface area contributed by atoms with Crippen LogP contribution >= 0.6 is 0 Å². The van der Waals surface area contributed by atoms with Gasteiger partial charge in [0.05, 0.1) is 0 Å². The summed E-state index contributed by atoms with van der Waals surface area (Å²) in [6.07, 6.45) is 10.9. The highest BCUT2D eigenvalue weighted by Gasteiger charge is 2.03. The van der Waals surface area contributed by atoms with Gasteiger partial charge in [-0.25, -0.2) is 0 Å². The largest absolute Gasteiger partial charge is 0.0693 e. The molecule has 176 valence electrons.